The highest BCUT2D eigenvalue weighted by Gasteiger charge is 2.26. The molecule has 1 radical (unpaired) electrons. The maximum absolute atomic E-state index is 2.47. The summed E-state index contributed by atoms with van der Waals surface area (Å²) in [5, 5.41) is 0.612. The van der Waals surface area contributed by atoms with Crippen LogP contribution in [-0.4, -0.2) is 7.28 Å². The Kier molecular flexibility index (Phi) is 4.18. The maximum atomic E-state index is 2.47. The molecule has 0 aliphatic heterocycles. The second kappa shape index (κ2) is 4.94. The standard InChI is InChI=1S/C11H22B/c1-3-11(12-2)9-7-5-4-6-8-10-11/h3-10H2,1-2H3. The molecule has 1 rings (SSSR count). The summed E-state index contributed by atoms with van der Waals surface area (Å²) < 4.78 is 0. The van der Waals surface area contributed by atoms with Gasteiger partial charge in [0, 0.05) is 0 Å². The molecule has 1 saturated carbocycles. The molecule has 12 heavy (non-hydrogen) atoms. The Balaban J connectivity index is 2.45. The van der Waals surface area contributed by atoms with Crippen LogP contribution < -0.4 is 0 Å². The first kappa shape index (κ1) is 10.1. The van der Waals surface area contributed by atoms with Crippen LogP contribution in [-0.2, 0) is 0 Å². The van der Waals surface area contributed by atoms with Crippen molar-refractivity contribution < 1.29 is 0 Å². The number of hydrogen-bond acceptors (Lipinski definition) is 0. The maximum Gasteiger partial charge on any atom is 0.114 e. The lowest BCUT2D eigenvalue weighted by molar-refractivity contribution is 0.384. The summed E-state index contributed by atoms with van der Waals surface area (Å²) in [6.07, 6.45) is 11.6. The first-order chi connectivity index (χ1) is 5.83. The minimum absolute atomic E-state index is 0.612. The van der Waals surface area contributed by atoms with Gasteiger partial charge in [0.25, 0.3) is 0 Å². The fourth-order valence-electron chi connectivity index (χ4n) is 2.46. The molecule has 0 spiro atoms. The number of hydrogen-bond donors (Lipinski definition) is 0. The summed E-state index contributed by atoms with van der Waals surface area (Å²) >= 11 is 0. The van der Waals surface area contributed by atoms with E-state index in [1.807, 2.05) is 0 Å². The molecular formula is C11H22B. The smallest absolute Gasteiger partial charge is 0.0914 e. The van der Waals surface area contributed by atoms with Crippen molar-refractivity contribution in [2.45, 2.75) is 70.4 Å². The fourth-order valence-corrected chi connectivity index (χ4v) is 2.46. The summed E-state index contributed by atoms with van der Waals surface area (Å²) in [6, 6.07) is 0. The Morgan fingerprint density at radius 3 is 1.92 bits per heavy atom. The molecule has 0 aromatic rings. The van der Waals surface area contributed by atoms with Gasteiger partial charge in [-0.1, -0.05) is 70.4 Å². The highest BCUT2D eigenvalue weighted by molar-refractivity contribution is 6.38. The molecule has 1 aliphatic rings. The van der Waals surface area contributed by atoms with Crippen LogP contribution >= 0.6 is 0 Å². The molecule has 0 aromatic carbocycles. The molecule has 69 valence electrons. The van der Waals surface area contributed by atoms with Gasteiger partial charge in [0.05, 0.1) is 0 Å². The van der Waals surface area contributed by atoms with Crippen molar-refractivity contribution in [2.75, 3.05) is 0 Å². The third-order valence-corrected chi connectivity index (χ3v) is 3.67. The molecule has 0 saturated heterocycles. The van der Waals surface area contributed by atoms with Crippen molar-refractivity contribution in [3.8, 4) is 0 Å². The van der Waals surface area contributed by atoms with Crippen LogP contribution in [0.25, 0.3) is 0 Å². The molecule has 1 fully saturated rings. The van der Waals surface area contributed by atoms with E-state index in [0.717, 1.165) is 0 Å². The van der Waals surface area contributed by atoms with Crippen LogP contribution in [0.15, 0.2) is 0 Å². The summed E-state index contributed by atoms with van der Waals surface area (Å²) in [6.45, 7) is 4.60. The van der Waals surface area contributed by atoms with E-state index in [1.165, 1.54) is 51.4 Å². The Morgan fingerprint density at radius 1 is 1.00 bits per heavy atom. The summed E-state index contributed by atoms with van der Waals surface area (Å²) in [4.78, 5) is 0. The van der Waals surface area contributed by atoms with Crippen LogP contribution in [0.2, 0.25) is 12.1 Å². The summed E-state index contributed by atoms with van der Waals surface area (Å²) in [5.74, 6) is 0. The second-order valence-electron chi connectivity index (χ2n) is 4.27. The molecule has 0 unspecified atom stereocenters. The van der Waals surface area contributed by atoms with Gasteiger partial charge in [-0.2, -0.15) is 0 Å². The first-order valence-electron chi connectivity index (χ1n) is 5.63. The molecule has 0 N–H and O–H groups in total. The SMILES string of the molecule is C[B]C1(CC)CCCCCCC1. The number of rotatable bonds is 2. The van der Waals surface area contributed by atoms with E-state index >= 15 is 0 Å². The van der Waals surface area contributed by atoms with Gasteiger partial charge in [-0.3, -0.25) is 0 Å². The normalized spacial score (nSPS) is 24.2. The largest absolute Gasteiger partial charge is 0.114 e. The molecule has 0 atom stereocenters. The van der Waals surface area contributed by atoms with Crippen LogP contribution in [0.3, 0.4) is 0 Å². The van der Waals surface area contributed by atoms with Crippen molar-refractivity contribution >= 4 is 7.28 Å². The minimum Gasteiger partial charge on any atom is -0.0914 e. The van der Waals surface area contributed by atoms with Crippen molar-refractivity contribution in [2.24, 2.45) is 0 Å². The third-order valence-electron chi connectivity index (χ3n) is 3.67. The van der Waals surface area contributed by atoms with Gasteiger partial charge in [-0.15, -0.1) is 0 Å². The summed E-state index contributed by atoms with van der Waals surface area (Å²) in [5.41, 5.74) is 0. The average Bonchev–Trinajstić information content (AvgIpc) is 2.06. The molecule has 0 nitrogen and oxygen atoms in total. The molecule has 0 amide bonds. The van der Waals surface area contributed by atoms with E-state index in [2.05, 4.69) is 21.0 Å². The monoisotopic (exact) mass is 165 g/mol. The quantitative estimate of drug-likeness (QED) is 0.541. The highest BCUT2D eigenvalue weighted by atomic mass is 14.2. The Morgan fingerprint density at radius 2 is 1.50 bits per heavy atom. The van der Waals surface area contributed by atoms with Gasteiger partial charge in [0.15, 0.2) is 0 Å². The van der Waals surface area contributed by atoms with E-state index < -0.39 is 0 Å². The molecule has 0 heterocycles. The lowest BCUT2D eigenvalue weighted by Gasteiger charge is -2.33. The van der Waals surface area contributed by atoms with Crippen LogP contribution in [0, 0.1) is 0 Å². The van der Waals surface area contributed by atoms with E-state index in [4.69, 9.17) is 0 Å². The second-order valence-corrected chi connectivity index (χ2v) is 4.27. The van der Waals surface area contributed by atoms with Crippen molar-refractivity contribution in [3.63, 3.8) is 0 Å². The Hall–Kier alpha value is 0.0649. The molecular weight excluding hydrogens is 143 g/mol. The van der Waals surface area contributed by atoms with E-state index in [1.54, 1.807) is 0 Å². The van der Waals surface area contributed by atoms with Crippen molar-refractivity contribution in [3.05, 3.63) is 0 Å². The average molecular weight is 165 g/mol. The topological polar surface area (TPSA) is 0 Å². The lowest BCUT2D eigenvalue weighted by atomic mass is 9.48. The zero-order valence-electron chi connectivity index (χ0n) is 8.73. The van der Waals surface area contributed by atoms with E-state index in [9.17, 15) is 0 Å². The first-order valence-corrected chi connectivity index (χ1v) is 5.63. The minimum atomic E-state index is 0.612. The van der Waals surface area contributed by atoms with Gasteiger partial charge in [0.1, 0.15) is 7.28 Å². The Labute approximate surface area is 78.4 Å². The van der Waals surface area contributed by atoms with Crippen molar-refractivity contribution in [1.29, 1.82) is 0 Å². The van der Waals surface area contributed by atoms with E-state index in [-0.39, 0.29) is 0 Å². The zero-order chi connectivity index (χ0) is 8.86. The third kappa shape index (κ3) is 2.53. The molecule has 0 aromatic heterocycles. The zero-order valence-corrected chi connectivity index (χ0v) is 8.73. The van der Waals surface area contributed by atoms with Crippen LogP contribution in [0.4, 0.5) is 0 Å². The Bertz CT molecular complexity index is 106. The molecule has 1 heteroatoms. The van der Waals surface area contributed by atoms with Gasteiger partial charge in [0.2, 0.25) is 0 Å². The van der Waals surface area contributed by atoms with Gasteiger partial charge in [-0.05, 0) is 0 Å². The molecule has 1 aliphatic carbocycles. The predicted molar refractivity (Wildman–Crippen MR) is 56.9 cm³/mol. The van der Waals surface area contributed by atoms with Gasteiger partial charge < -0.3 is 0 Å². The predicted octanol–water partition coefficient (Wildman–Crippen LogP) is 4.05. The van der Waals surface area contributed by atoms with Gasteiger partial charge in [-0.25, -0.2) is 0 Å². The lowest BCUT2D eigenvalue weighted by Crippen LogP contribution is -2.19. The fraction of sp³-hybridized carbons (Fsp3) is 1.00. The highest BCUT2D eigenvalue weighted by Crippen LogP contribution is 2.42. The summed E-state index contributed by atoms with van der Waals surface area (Å²) in [7, 11) is 2.47. The molecule has 0 bridgehead atoms. The van der Waals surface area contributed by atoms with Crippen LogP contribution in [0.1, 0.15) is 58.3 Å². The van der Waals surface area contributed by atoms with Gasteiger partial charge >= 0.3 is 0 Å². The van der Waals surface area contributed by atoms with E-state index in [0.29, 0.717) is 5.31 Å². The van der Waals surface area contributed by atoms with Crippen molar-refractivity contribution in [1.82, 2.24) is 0 Å². The van der Waals surface area contributed by atoms with Crippen LogP contribution in [0.5, 0.6) is 0 Å².